The molecule has 1 aromatic heterocycles. The van der Waals surface area contributed by atoms with Gasteiger partial charge >= 0.3 is 0 Å². The number of imidazole rings is 1. The molecule has 0 spiro atoms. The number of morpholine rings is 1. The maximum Gasteiger partial charge on any atom is 0.253 e. The summed E-state index contributed by atoms with van der Waals surface area (Å²) in [5, 5.41) is 3.62. The SMILES string of the molecule is Cn1ccnc1SCC(=O)Nc1ccc(C(=O)N2CCN(C(=O)CN3CCOCC3)CC2)cc1. The summed E-state index contributed by atoms with van der Waals surface area (Å²) in [7, 11) is 1.88. The third-order valence-corrected chi connectivity index (χ3v) is 6.97. The van der Waals surface area contributed by atoms with E-state index >= 15 is 0 Å². The molecule has 1 aromatic carbocycles. The molecule has 11 heteroatoms. The van der Waals surface area contributed by atoms with Crippen molar-refractivity contribution in [2.75, 3.05) is 70.1 Å². The molecule has 1 N–H and O–H groups in total. The number of thioether (sulfide) groups is 1. The highest BCUT2D eigenvalue weighted by Crippen LogP contribution is 2.17. The number of benzene rings is 1. The van der Waals surface area contributed by atoms with Gasteiger partial charge in [-0.25, -0.2) is 4.98 Å². The van der Waals surface area contributed by atoms with Crippen molar-refractivity contribution in [1.82, 2.24) is 24.3 Å². The molecule has 2 aromatic rings. The highest BCUT2D eigenvalue weighted by atomic mass is 32.2. The minimum Gasteiger partial charge on any atom is -0.379 e. The highest BCUT2D eigenvalue weighted by Gasteiger charge is 2.26. The summed E-state index contributed by atoms with van der Waals surface area (Å²) in [6.45, 7) is 5.41. The Hall–Kier alpha value is -2.89. The van der Waals surface area contributed by atoms with E-state index < -0.39 is 0 Å². The van der Waals surface area contributed by atoms with Crippen LogP contribution < -0.4 is 5.32 Å². The number of nitrogens with zero attached hydrogens (tertiary/aromatic N) is 5. The average Bonchev–Trinajstić information content (AvgIpc) is 3.28. The molecule has 0 radical (unpaired) electrons. The number of nitrogens with one attached hydrogen (secondary N) is 1. The first kappa shape index (κ1) is 24.2. The van der Waals surface area contributed by atoms with Crippen LogP contribution in [0.4, 0.5) is 5.69 Å². The van der Waals surface area contributed by atoms with Crippen molar-refractivity contribution in [1.29, 1.82) is 0 Å². The van der Waals surface area contributed by atoms with Crippen LogP contribution in [-0.4, -0.2) is 107 Å². The van der Waals surface area contributed by atoms with Gasteiger partial charge in [-0.1, -0.05) is 11.8 Å². The third-order valence-electron chi connectivity index (χ3n) is 5.91. The third kappa shape index (κ3) is 6.37. The molecule has 0 saturated carbocycles. The first-order chi connectivity index (χ1) is 16.5. The van der Waals surface area contributed by atoms with Gasteiger partial charge in [0.05, 0.1) is 25.5 Å². The topological polar surface area (TPSA) is 100 Å². The van der Waals surface area contributed by atoms with Gasteiger partial charge in [0.2, 0.25) is 11.8 Å². The lowest BCUT2D eigenvalue weighted by Crippen LogP contribution is -2.53. The smallest absolute Gasteiger partial charge is 0.253 e. The van der Waals surface area contributed by atoms with E-state index in [9.17, 15) is 14.4 Å². The predicted molar refractivity (Wildman–Crippen MR) is 129 cm³/mol. The van der Waals surface area contributed by atoms with Crippen molar-refractivity contribution in [3.63, 3.8) is 0 Å². The zero-order chi connectivity index (χ0) is 23.9. The van der Waals surface area contributed by atoms with E-state index in [-0.39, 0.29) is 23.5 Å². The predicted octanol–water partition coefficient (Wildman–Crippen LogP) is 0.768. The minimum absolute atomic E-state index is 0.0662. The van der Waals surface area contributed by atoms with Gasteiger partial charge in [-0.3, -0.25) is 19.3 Å². The number of hydrogen-bond donors (Lipinski definition) is 1. The van der Waals surface area contributed by atoms with E-state index in [1.165, 1.54) is 11.8 Å². The van der Waals surface area contributed by atoms with Crippen LogP contribution in [0.5, 0.6) is 0 Å². The monoisotopic (exact) mass is 486 g/mol. The second kappa shape index (κ2) is 11.5. The molecule has 4 rings (SSSR count). The molecule has 3 amide bonds. The van der Waals surface area contributed by atoms with Gasteiger partial charge in [-0.15, -0.1) is 0 Å². The standard InChI is InChI=1S/C23H30N6O4S/c1-26-7-6-24-23(26)34-17-20(30)25-19-4-2-18(3-5-19)22(32)29-10-8-28(9-11-29)21(31)16-27-12-14-33-15-13-27/h2-7H,8-17H2,1H3,(H,25,30). The molecule has 34 heavy (non-hydrogen) atoms. The van der Waals surface area contributed by atoms with Gasteiger partial charge in [0.1, 0.15) is 0 Å². The fraction of sp³-hybridized carbons (Fsp3) is 0.478. The Morgan fingerprint density at radius 2 is 1.68 bits per heavy atom. The van der Waals surface area contributed by atoms with Crippen molar-refractivity contribution in [2.24, 2.45) is 7.05 Å². The summed E-state index contributed by atoms with van der Waals surface area (Å²) in [6.07, 6.45) is 3.53. The van der Waals surface area contributed by atoms with E-state index in [0.717, 1.165) is 18.2 Å². The zero-order valence-corrected chi connectivity index (χ0v) is 20.1. The van der Waals surface area contributed by atoms with Gasteiger partial charge in [-0.05, 0) is 24.3 Å². The van der Waals surface area contributed by atoms with Gasteiger partial charge in [0.25, 0.3) is 5.91 Å². The fourth-order valence-electron chi connectivity index (χ4n) is 3.91. The Labute approximate surface area is 203 Å². The number of aryl methyl sites for hydroxylation is 1. The van der Waals surface area contributed by atoms with Crippen LogP contribution in [0.3, 0.4) is 0 Å². The van der Waals surface area contributed by atoms with E-state index in [2.05, 4.69) is 15.2 Å². The molecule has 2 aliphatic rings. The number of hydrogen-bond acceptors (Lipinski definition) is 7. The molecular formula is C23H30N6O4S. The molecule has 0 unspecified atom stereocenters. The van der Waals surface area contributed by atoms with Crippen molar-refractivity contribution in [2.45, 2.75) is 5.16 Å². The fourth-order valence-corrected chi connectivity index (χ4v) is 4.64. The number of carbonyl (C=O) groups excluding carboxylic acids is 3. The van der Waals surface area contributed by atoms with E-state index in [0.29, 0.717) is 57.2 Å². The molecule has 2 saturated heterocycles. The van der Waals surface area contributed by atoms with Gasteiger partial charge in [-0.2, -0.15) is 0 Å². The largest absolute Gasteiger partial charge is 0.379 e. The van der Waals surface area contributed by atoms with Gasteiger partial charge < -0.3 is 24.4 Å². The van der Waals surface area contributed by atoms with Gasteiger partial charge in [0.15, 0.2) is 5.16 Å². The Balaban J connectivity index is 1.21. The van der Waals surface area contributed by atoms with Crippen LogP contribution >= 0.6 is 11.8 Å². The number of aromatic nitrogens is 2. The normalized spacial score (nSPS) is 17.0. The maximum atomic E-state index is 12.9. The first-order valence-electron chi connectivity index (χ1n) is 11.4. The molecule has 10 nitrogen and oxygen atoms in total. The molecule has 3 heterocycles. The van der Waals surface area contributed by atoms with Crippen LogP contribution in [0.15, 0.2) is 41.8 Å². The Morgan fingerprint density at radius 1 is 1.00 bits per heavy atom. The lowest BCUT2D eigenvalue weighted by atomic mass is 10.1. The number of anilines is 1. The quantitative estimate of drug-likeness (QED) is 0.577. The molecule has 0 aliphatic carbocycles. The summed E-state index contributed by atoms with van der Waals surface area (Å²) in [4.78, 5) is 47.6. The van der Waals surface area contributed by atoms with Crippen molar-refractivity contribution < 1.29 is 19.1 Å². The van der Waals surface area contributed by atoms with Crippen molar-refractivity contribution in [3.05, 3.63) is 42.2 Å². The minimum atomic E-state index is -0.134. The average molecular weight is 487 g/mol. The van der Waals surface area contributed by atoms with Crippen LogP contribution in [0.25, 0.3) is 0 Å². The van der Waals surface area contributed by atoms with Crippen LogP contribution in [-0.2, 0) is 21.4 Å². The number of amides is 3. The van der Waals surface area contributed by atoms with E-state index in [1.54, 1.807) is 35.4 Å². The van der Waals surface area contributed by atoms with E-state index in [1.807, 2.05) is 22.7 Å². The summed E-state index contributed by atoms with van der Waals surface area (Å²) in [5.41, 5.74) is 1.20. The molecule has 0 bridgehead atoms. The van der Waals surface area contributed by atoms with Crippen LogP contribution in [0.1, 0.15) is 10.4 Å². The second-order valence-electron chi connectivity index (χ2n) is 8.30. The first-order valence-corrected chi connectivity index (χ1v) is 12.4. The highest BCUT2D eigenvalue weighted by molar-refractivity contribution is 7.99. The number of carbonyl (C=O) groups is 3. The van der Waals surface area contributed by atoms with Crippen molar-refractivity contribution in [3.8, 4) is 0 Å². The molecule has 182 valence electrons. The van der Waals surface area contributed by atoms with Crippen LogP contribution in [0.2, 0.25) is 0 Å². The summed E-state index contributed by atoms with van der Waals surface area (Å²) < 4.78 is 7.19. The number of ether oxygens (including phenoxy) is 1. The van der Waals surface area contributed by atoms with Crippen molar-refractivity contribution >= 4 is 35.2 Å². The maximum absolute atomic E-state index is 12.9. The van der Waals surface area contributed by atoms with E-state index in [4.69, 9.17) is 4.74 Å². The molecule has 0 atom stereocenters. The lowest BCUT2D eigenvalue weighted by molar-refractivity contribution is -0.134. The number of rotatable bonds is 7. The molecule has 2 aliphatic heterocycles. The summed E-state index contributed by atoms with van der Waals surface area (Å²) >= 11 is 1.36. The molecular weight excluding hydrogens is 456 g/mol. The van der Waals surface area contributed by atoms with Gasteiger partial charge in [0, 0.05) is 70.0 Å². The number of piperazine rings is 1. The lowest BCUT2D eigenvalue weighted by Gasteiger charge is -2.36. The Morgan fingerprint density at radius 3 is 2.32 bits per heavy atom. The summed E-state index contributed by atoms with van der Waals surface area (Å²) in [5.74, 6) is 0.156. The molecule has 2 fully saturated rings. The second-order valence-corrected chi connectivity index (χ2v) is 9.24. The Kier molecular flexibility index (Phi) is 8.20. The van der Waals surface area contributed by atoms with Crippen LogP contribution in [0, 0.1) is 0 Å². The summed E-state index contributed by atoms with van der Waals surface area (Å²) in [6, 6.07) is 6.91. The Bertz CT molecular complexity index is 997. The zero-order valence-electron chi connectivity index (χ0n) is 19.3.